The number of nitrogens with zero attached hydrogens (tertiary/aromatic N) is 4. The summed E-state index contributed by atoms with van der Waals surface area (Å²) in [6.07, 6.45) is 2.60. The van der Waals surface area contributed by atoms with Crippen molar-refractivity contribution < 1.29 is 4.79 Å². The number of amides is 1. The second kappa shape index (κ2) is 9.59. The maximum absolute atomic E-state index is 11.2. The molecular formula is C19H34N6O. The van der Waals surface area contributed by atoms with Crippen LogP contribution in [0, 0.1) is 25.7 Å². The molecule has 2 heterocycles. The monoisotopic (exact) mass is 362 g/mol. The Bertz CT molecular complexity index is 624. The van der Waals surface area contributed by atoms with Gasteiger partial charge in [0.05, 0.1) is 5.69 Å². The van der Waals surface area contributed by atoms with Crippen molar-refractivity contribution in [3.63, 3.8) is 0 Å². The third-order valence-corrected chi connectivity index (χ3v) is 4.78. The predicted octanol–water partition coefficient (Wildman–Crippen LogP) is 1.69. The Labute approximate surface area is 157 Å². The normalized spacial score (nSPS) is 19.5. The zero-order valence-electron chi connectivity index (χ0n) is 16.7. The fourth-order valence-electron chi connectivity index (χ4n) is 3.59. The largest absolute Gasteiger partial charge is 0.370 e. The lowest BCUT2D eigenvalue weighted by molar-refractivity contribution is -0.119. The minimum absolute atomic E-state index is 0.211. The van der Waals surface area contributed by atoms with Gasteiger partial charge in [-0.3, -0.25) is 14.5 Å². The van der Waals surface area contributed by atoms with Crippen LogP contribution in [0.2, 0.25) is 0 Å². The maximum atomic E-state index is 11.2. The van der Waals surface area contributed by atoms with Gasteiger partial charge in [-0.05, 0) is 51.5 Å². The van der Waals surface area contributed by atoms with E-state index in [1.165, 1.54) is 5.69 Å². The highest BCUT2D eigenvalue weighted by Crippen LogP contribution is 2.19. The number of guanidine groups is 1. The SMILES string of the molecule is CCNC(=NCC(C)Cn1nc(C)cc1C)N1CCCC(CC(N)=O)C1. The number of nitrogens with two attached hydrogens (primary N) is 1. The molecule has 7 heteroatoms. The minimum Gasteiger partial charge on any atom is -0.370 e. The van der Waals surface area contributed by atoms with Gasteiger partial charge in [-0.25, -0.2) is 0 Å². The van der Waals surface area contributed by atoms with Gasteiger partial charge in [0.25, 0.3) is 0 Å². The summed E-state index contributed by atoms with van der Waals surface area (Å²) in [4.78, 5) is 18.4. The number of aryl methyl sites for hydroxylation is 2. The molecule has 2 atom stereocenters. The first-order valence-corrected chi connectivity index (χ1v) is 9.71. The van der Waals surface area contributed by atoms with Crippen LogP contribution in [0.25, 0.3) is 0 Å². The van der Waals surface area contributed by atoms with Crippen molar-refractivity contribution in [3.8, 4) is 0 Å². The lowest BCUT2D eigenvalue weighted by atomic mass is 9.95. The Morgan fingerprint density at radius 2 is 2.27 bits per heavy atom. The number of hydrogen-bond acceptors (Lipinski definition) is 3. The first kappa shape index (κ1) is 20.3. The molecule has 0 radical (unpaired) electrons. The molecule has 0 aliphatic carbocycles. The third-order valence-electron chi connectivity index (χ3n) is 4.78. The molecule has 26 heavy (non-hydrogen) atoms. The number of rotatable bonds is 7. The van der Waals surface area contributed by atoms with Crippen molar-refractivity contribution >= 4 is 11.9 Å². The van der Waals surface area contributed by atoms with Crippen LogP contribution in [-0.2, 0) is 11.3 Å². The molecule has 0 aromatic carbocycles. The lowest BCUT2D eigenvalue weighted by Gasteiger charge is -2.34. The van der Waals surface area contributed by atoms with Crippen LogP contribution in [0.1, 0.15) is 44.5 Å². The van der Waals surface area contributed by atoms with E-state index in [-0.39, 0.29) is 5.91 Å². The quantitative estimate of drug-likeness (QED) is 0.571. The number of piperidine rings is 1. The summed E-state index contributed by atoms with van der Waals surface area (Å²) in [5.41, 5.74) is 7.62. The third kappa shape index (κ3) is 6.04. The molecule has 1 aliphatic heterocycles. The first-order valence-electron chi connectivity index (χ1n) is 9.71. The summed E-state index contributed by atoms with van der Waals surface area (Å²) in [6, 6.07) is 2.10. The molecule has 1 saturated heterocycles. The van der Waals surface area contributed by atoms with E-state index >= 15 is 0 Å². The van der Waals surface area contributed by atoms with Crippen molar-refractivity contribution in [1.82, 2.24) is 20.0 Å². The molecule has 2 rings (SSSR count). The number of carbonyl (C=O) groups excluding carboxylic acids is 1. The van der Waals surface area contributed by atoms with Crippen molar-refractivity contribution in [2.24, 2.45) is 22.6 Å². The van der Waals surface area contributed by atoms with Crippen LogP contribution in [0.5, 0.6) is 0 Å². The van der Waals surface area contributed by atoms with Gasteiger partial charge < -0.3 is 16.0 Å². The van der Waals surface area contributed by atoms with E-state index in [0.717, 1.165) is 57.2 Å². The zero-order chi connectivity index (χ0) is 19.1. The zero-order valence-corrected chi connectivity index (χ0v) is 16.7. The van der Waals surface area contributed by atoms with Crippen LogP contribution >= 0.6 is 0 Å². The van der Waals surface area contributed by atoms with Crippen LogP contribution in [0.4, 0.5) is 0 Å². The summed E-state index contributed by atoms with van der Waals surface area (Å²) in [7, 11) is 0. The van der Waals surface area contributed by atoms with Crippen molar-refractivity contribution in [3.05, 3.63) is 17.5 Å². The van der Waals surface area contributed by atoms with Gasteiger partial charge in [0, 0.05) is 44.8 Å². The number of aromatic nitrogens is 2. The second-order valence-electron chi connectivity index (χ2n) is 7.53. The number of carbonyl (C=O) groups is 1. The number of likely N-dealkylation sites (tertiary alicyclic amines) is 1. The molecule has 1 aliphatic rings. The molecule has 146 valence electrons. The van der Waals surface area contributed by atoms with E-state index in [9.17, 15) is 4.79 Å². The van der Waals surface area contributed by atoms with Crippen molar-refractivity contribution in [1.29, 1.82) is 0 Å². The van der Waals surface area contributed by atoms with E-state index in [1.807, 2.05) is 6.92 Å². The van der Waals surface area contributed by atoms with Gasteiger partial charge in [0.2, 0.25) is 5.91 Å². The molecular weight excluding hydrogens is 328 g/mol. The Morgan fingerprint density at radius 1 is 1.50 bits per heavy atom. The van der Waals surface area contributed by atoms with E-state index in [2.05, 4.69) is 46.8 Å². The Morgan fingerprint density at radius 3 is 2.88 bits per heavy atom. The smallest absolute Gasteiger partial charge is 0.217 e. The van der Waals surface area contributed by atoms with Crippen LogP contribution in [0.15, 0.2) is 11.1 Å². The molecule has 0 bridgehead atoms. The summed E-state index contributed by atoms with van der Waals surface area (Å²) in [5, 5.41) is 7.94. The highest BCUT2D eigenvalue weighted by atomic mass is 16.1. The molecule has 1 amide bonds. The Kier molecular flexibility index (Phi) is 7.48. The number of nitrogens with one attached hydrogen (secondary N) is 1. The van der Waals surface area contributed by atoms with E-state index < -0.39 is 0 Å². The molecule has 7 nitrogen and oxygen atoms in total. The van der Waals surface area contributed by atoms with E-state index in [0.29, 0.717) is 18.3 Å². The topological polar surface area (TPSA) is 88.5 Å². The average Bonchev–Trinajstić information content (AvgIpc) is 2.88. The Hall–Kier alpha value is -2.05. The standard InChI is InChI=1S/C19H34N6O/c1-5-21-19(24-8-6-7-17(13-24)10-18(20)26)22-11-14(2)12-25-16(4)9-15(3)23-25/h9,14,17H,5-8,10-13H2,1-4H3,(H2,20,26)(H,21,22). The van der Waals surface area contributed by atoms with Crippen LogP contribution < -0.4 is 11.1 Å². The second-order valence-corrected chi connectivity index (χ2v) is 7.53. The van der Waals surface area contributed by atoms with Gasteiger partial charge in [-0.2, -0.15) is 5.10 Å². The summed E-state index contributed by atoms with van der Waals surface area (Å²) >= 11 is 0. The Balaban J connectivity index is 1.96. The molecule has 0 saturated carbocycles. The highest BCUT2D eigenvalue weighted by molar-refractivity contribution is 5.80. The minimum atomic E-state index is -0.211. The summed E-state index contributed by atoms with van der Waals surface area (Å²) in [6.45, 7) is 12.7. The fourth-order valence-corrected chi connectivity index (χ4v) is 3.59. The molecule has 1 fully saturated rings. The fraction of sp³-hybridized carbons (Fsp3) is 0.737. The van der Waals surface area contributed by atoms with Gasteiger partial charge in [0.1, 0.15) is 0 Å². The number of aliphatic imine (C=N–C) groups is 1. The van der Waals surface area contributed by atoms with Crippen LogP contribution in [-0.4, -0.2) is 52.7 Å². The van der Waals surface area contributed by atoms with E-state index in [4.69, 9.17) is 10.7 Å². The highest BCUT2D eigenvalue weighted by Gasteiger charge is 2.23. The molecule has 0 spiro atoms. The van der Waals surface area contributed by atoms with Gasteiger partial charge in [-0.1, -0.05) is 6.92 Å². The molecule has 2 unspecified atom stereocenters. The van der Waals surface area contributed by atoms with Crippen molar-refractivity contribution in [2.45, 2.75) is 53.5 Å². The predicted molar refractivity (Wildman–Crippen MR) is 105 cm³/mol. The average molecular weight is 363 g/mol. The molecule has 1 aromatic heterocycles. The van der Waals surface area contributed by atoms with E-state index in [1.54, 1.807) is 0 Å². The number of primary amides is 1. The van der Waals surface area contributed by atoms with Crippen molar-refractivity contribution in [2.75, 3.05) is 26.2 Å². The lowest BCUT2D eigenvalue weighted by Crippen LogP contribution is -2.47. The molecule has 1 aromatic rings. The number of hydrogen-bond donors (Lipinski definition) is 2. The summed E-state index contributed by atoms with van der Waals surface area (Å²) < 4.78 is 2.06. The maximum Gasteiger partial charge on any atom is 0.217 e. The van der Waals surface area contributed by atoms with Gasteiger partial charge in [-0.15, -0.1) is 0 Å². The van der Waals surface area contributed by atoms with Crippen LogP contribution in [0.3, 0.4) is 0 Å². The van der Waals surface area contributed by atoms with Gasteiger partial charge >= 0.3 is 0 Å². The van der Waals surface area contributed by atoms with Gasteiger partial charge in [0.15, 0.2) is 5.96 Å². The first-order chi connectivity index (χ1) is 12.4. The molecule has 3 N–H and O–H groups in total. The summed E-state index contributed by atoms with van der Waals surface area (Å²) in [5.74, 6) is 1.46.